The van der Waals surface area contributed by atoms with E-state index >= 15 is 0 Å². The highest BCUT2D eigenvalue weighted by Gasteiger charge is 2.48. The van der Waals surface area contributed by atoms with Crippen LogP contribution in [0, 0.1) is 0 Å². The van der Waals surface area contributed by atoms with Crippen molar-refractivity contribution in [3.8, 4) is 0 Å². The van der Waals surface area contributed by atoms with Gasteiger partial charge in [0.1, 0.15) is 30.5 Å². The van der Waals surface area contributed by atoms with Crippen LogP contribution in [-0.2, 0) is 38.3 Å². The minimum Gasteiger partial charge on any atom is -0.457 e. The molecule has 0 aromatic heterocycles. The zero-order valence-corrected chi connectivity index (χ0v) is 38.1. The molecule has 12 nitrogen and oxygen atoms in total. The van der Waals surface area contributed by atoms with Gasteiger partial charge >= 0.3 is 16.4 Å². The normalized spacial score (nSPS) is 20.7. The summed E-state index contributed by atoms with van der Waals surface area (Å²) in [6.45, 7) is 3.83. The Hall–Kier alpha value is -1.94. The predicted molar refractivity (Wildman–Crippen MR) is 239 cm³/mol. The molecule has 0 aromatic carbocycles. The van der Waals surface area contributed by atoms with E-state index in [1.807, 2.05) is 0 Å². The summed E-state index contributed by atoms with van der Waals surface area (Å²) in [7, 11) is -5.07. The van der Waals surface area contributed by atoms with Gasteiger partial charge in [0.15, 0.2) is 6.29 Å². The second-order valence-corrected chi connectivity index (χ2v) is 17.0. The number of allylic oxidation sites excluding steroid dienone is 8. The van der Waals surface area contributed by atoms with E-state index in [4.69, 9.17) is 23.5 Å². The quantitative estimate of drug-likeness (QED) is 0.0199. The van der Waals surface area contributed by atoms with Crippen LogP contribution < -0.4 is 0 Å². The van der Waals surface area contributed by atoms with Crippen molar-refractivity contribution in [2.75, 3.05) is 26.4 Å². The fraction of sp³-hybridized carbons (Fsp3) is 0.809. The average molecular weight is 873 g/mol. The number of esters is 1. The highest BCUT2D eigenvalue weighted by molar-refractivity contribution is 7.80. The average Bonchev–Trinajstić information content (AvgIpc) is 3.22. The van der Waals surface area contributed by atoms with Crippen LogP contribution in [0.5, 0.6) is 0 Å². The molecule has 350 valence electrons. The van der Waals surface area contributed by atoms with Crippen molar-refractivity contribution in [2.24, 2.45) is 0 Å². The number of ether oxygens (including phenoxy) is 4. The van der Waals surface area contributed by atoms with Gasteiger partial charge in [0.05, 0.1) is 19.8 Å². The van der Waals surface area contributed by atoms with Crippen molar-refractivity contribution in [2.45, 2.75) is 218 Å². The molecule has 1 heterocycles. The van der Waals surface area contributed by atoms with Crippen LogP contribution in [0.25, 0.3) is 0 Å². The third kappa shape index (κ3) is 31.8. The molecule has 1 rings (SSSR count). The molecule has 6 atom stereocenters. The van der Waals surface area contributed by atoms with Crippen molar-refractivity contribution in [1.82, 2.24) is 0 Å². The molecule has 1 aliphatic heterocycles. The molecule has 1 saturated heterocycles. The van der Waals surface area contributed by atoms with E-state index in [-0.39, 0.29) is 19.6 Å². The minimum absolute atomic E-state index is 0.0224. The Bertz CT molecular complexity index is 1240. The van der Waals surface area contributed by atoms with E-state index in [0.29, 0.717) is 13.0 Å². The minimum atomic E-state index is -5.07. The van der Waals surface area contributed by atoms with Crippen LogP contribution in [0.2, 0.25) is 0 Å². The number of aliphatic hydroxyl groups excluding tert-OH is 3. The number of carbonyl (C=O) groups is 1. The smallest absolute Gasteiger partial charge is 0.397 e. The van der Waals surface area contributed by atoms with Gasteiger partial charge in [0.2, 0.25) is 0 Å². The molecule has 0 amide bonds. The van der Waals surface area contributed by atoms with E-state index in [9.17, 15) is 28.5 Å². The first-order valence-corrected chi connectivity index (χ1v) is 24.8. The summed E-state index contributed by atoms with van der Waals surface area (Å²) in [5.74, 6) is -0.429. The van der Waals surface area contributed by atoms with Crippen LogP contribution in [0.15, 0.2) is 48.6 Å². The summed E-state index contributed by atoms with van der Waals surface area (Å²) in [6.07, 6.45) is 37.2. The van der Waals surface area contributed by atoms with Crippen LogP contribution in [0.1, 0.15) is 181 Å². The number of aliphatic hydroxyl groups is 3. The van der Waals surface area contributed by atoms with Gasteiger partial charge in [-0.3, -0.25) is 9.35 Å². The summed E-state index contributed by atoms with van der Waals surface area (Å²) in [5.41, 5.74) is 0. The van der Waals surface area contributed by atoms with Gasteiger partial charge in [-0.25, -0.2) is 4.18 Å². The van der Waals surface area contributed by atoms with Crippen molar-refractivity contribution in [3.63, 3.8) is 0 Å². The molecule has 4 N–H and O–H groups in total. The lowest BCUT2D eigenvalue weighted by Gasteiger charge is -2.41. The lowest BCUT2D eigenvalue weighted by Crippen LogP contribution is -2.60. The first-order valence-electron chi connectivity index (χ1n) is 23.4. The number of unbranched alkanes of at least 4 members (excludes halogenated alkanes) is 19. The topological polar surface area (TPSA) is 178 Å². The van der Waals surface area contributed by atoms with Gasteiger partial charge in [-0.15, -0.1) is 0 Å². The number of hydrogen-bond donors (Lipinski definition) is 4. The molecule has 13 heteroatoms. The second kappa shape index (κ2) is 38.7. The molecule has 0 aromatic rings. The molecule has 0 spiro atoms. The van der Waals surface area contributed by atoms with Crippen LogP contribution in [-0.4, -0.2) is 97.5 Å². The first-order chi connectivity index (χ1) is 29.1. The number of hydrogen-bond acceptors (Lipinski definition) is 11. The van der Waals surface area contributed by atoms with Gasteiger partial charge in [0, 0.05) is 13.0 Å². The standard InChI is InChI=1S/C47H84O12S/c1-3-5-7-9-11-13-15-17-18-19-20-21-22-23-25-27-29-31-33-35-37-55-39-41(40-56-47-45(51)46(59-60(52,53)54)44(50)42(38-48)58-47)57-43(49)36-34-32-30-28-26-24-16-14-12-10-8-6-4-2/h6,8,12,14,17-18,24,26,41-42,44-48,50-51H,3-5,7,9-11,13,15-16,19-23,25,27-40H2,1-2H3,(H,52,53,54)/b8-6-,14-12-,18-17-,26-24-. The van der Waals surface area contributed by atoms with Crippen molar-refractivity contribution in [1.29, 1.82) is 0 Å². The molecule has 0 bridgehead atoms. The summed E-state index contributed by atoms with van der Waals surface area (Å²) in [5, 5.41) is 30.7. The van der Waals surface area contributed by atoms with E-state index < -0.39 is 59.8 Å². The SMILES string of the molecule is CC/C=C\C/C=C\C/C=C\CCCCCC(=O)OC(COCCCCCCCCCCCC/C=C\CCCCCCCC)COC1OC(CO)C(O)C(OS(=O)(=O)O)C1O. The van der Waals surface area contributed by atoms with Gasteiger partial charge in [-0.05, 0) is 70.6 Å². The lowest BCUT2D eigenvalue weighted by molar-refractivity contribution is -0.301. The Kier molecular flexibility index (Phi) is 36.2. The molecule has 60 heavy (non-hydrogen) atoms. The summed E-state index contributed by atoms with van der Waals surface area (Å²) in [6, 6.07) is 0. The molecule has 0 saturated carbocycles. The summed E-state index contributed by atoms with van der Waals surface area (Å²) in [4.78, 5) is 12.8. The maximum atomic E-state index is 12.8. The third-order valence-electron chi connectivity index (χ3n) is 10.4. The molecule has 6 unspecified atom stereocenters. The van der Waals surface area contributed by atoms with Gasteiger partial charge < -0.3 is 34.3 Å². The monoisotopic (exact) mass is 873 g/mol. The Morgan fingerprint density at radius 1 is 0.650 bits per heavy atom. The fourth-order valence-electron chi connectivity index (χ4n) is 6.92. The van der Waals surface area contributed by atoms with E-state index in [1.165, 1.54) is 96.3 Å². The maximum Gasteiger partial charge on any atom is 0.397 e. The molecule has 1 fully saturated rings. The van der Waals surface area contributed by atoms with E-state index in [0.717, 1.165) is 57.8 Å². The Labute approximate surface area is 364 Å². The molecular weight excluding hydrogens is 789 g/mol. The van der Waals surface area contributed by atoms with Crippen molar-refractivity contribution >= 4 is 16.4 Å². The van der Waals surface area contributed by atoms with Gasteiger partial charge in [-0.1, -0.05) is 152 Å². The molecule has 1 aliphatic rings. The Balaban J connectivity index is 2.40. The van der Waals surface area contributed by atoms with E-state index in [1.54, 1.807) is 0 Å². The lowest BCUT2D eigenvalue weighted by atomic mass is 9.99. The fourth-order valence-corrected chi connectivity index (χ4v) is 7.42. The molecule has 0 radical (unpaired) electrons. The van der Waals surface area contributed by atoms with Crippen LogP contribution in [0.4, 0.5) is 0 Å². The van der Waals surface area contributed by atoms with Crippen LogP contribution in [0.3, 0.4) is 0 Å². The highest BCUT2D eigenvalue weighted by atomic mass is 32.3. The number of carbonyl (C=O) groups excluding carboxylic acids is 1. The summed E-state index contributed by atoms with van der Waals surface area (Å²) < 4.78 is 59.0. The maximum absolute atomic E-state index is 12.8. The van der Waals surface area contributed by atoms with Crippen molar-refractivity contribution in [3.05, 3.63) is 48.6 Å². The predicted octanol–water partition coefficient (Wildman–Crippen LogP) is 9.97. The van der Waals surface area contributed by atoms with E-state index in [2.05, 4.69) is 66.6 Å². The third-order valence-corrected chi connectivity index (χ3v) is 10.9. The first kappa shape index (κ1) is 56.1. The molecule has 0 aliphatic carbocycles. The second-order valence-electron chi connectivity index (χ2n) is 16.0. The van der Waals surface area contributed by atoms with Gasteiger partial charge in [-0.2, -0.15) is 8.42 Å². The van der Waals surface area contributed by atoms with Crippen molar-refractivity contribution < 1.29 is 56.2 Å². The largest absolute Gasteiger partial charge is 0.457 e. The van der Waals surface area contributed by atoms with Gasteiger partial charge in [0.25, 0.3) is 0 Å². The zero-order chi connectivity index (χ0) is 43.9. The molecular formula is C47H84O12S. The Morgan fingerprint density at radius 2 is 1.15 bits per heavy atom. The number of rotatable bonds is 40. The zero-order valence-electron chi connectivity index (χ0n) is 37.3. The Morgan fingerprint density at radius 3 is 1.70 bits per heavy atom. The highest BCUT2D eigenvalue weighted by Crippen LogP contribution is 2.26. The van der Waals surface area contributed by atoms with Crippen LogP contribution >= 0.6 is 0 Å². The summed E-state index contributed by atoms with van der Waals surface area (Å²) >= 11 is 0.